The predicted molar refractivity (Wildman–Crippen MR) is 113 cm³/mol. The first kappa shape index (κ1) is 22.9. The number of aromatic nitrogens is 3. The van der Waals surface area contributed by atoms with Gasteiger partial charge in [-0.1, -0.05) is 11.6 Å². The van der Waals surface area contributed by atoms with Crippen LogP contribution in [0.4, 0.5) is 5.82 Å². The lowest BCUT2D eigenvalue weighted by Gasteiger charge is -2.16. The maximum absolute atomic E-state index is 11.9. The number of hydrogen-bond donors (Lipinski definition) is 4. The molecule has 0 aliphatic carbocycles. The Bertz CT molecular complexity index is 1020. The molecule has 4 N–H and O–H groups in total. The Labute approximate surface area is 176 Å². The molecule has 30 heavy (non-hydrogen) atoms. The third-order valence-electron chi connectivity index (χ3n) is 3.44. The van der Waals surface area contributed by atoms with Crippen LogP contribution in [0.2, 0.25) is 5.02 Å². The molecule has 0 aliphatic rings. The molecule has 162 valence electrons. The fourth-order valence-corrected chi connectivity index (χ4v) is 2.54. The highest BCUT2D eigenvalue weighted by molar-refractivity contribution is 6.32. The molecule has 0 aliphatic heterocycles. The average molecular weight is 439 g/mol. The number of anilines is 1. The molecule has 2 aromatic rings. The van der Waals surface area contributed by atoms with Crippen LogP contribution < -0.4 is 31.5 Å². The molecule has 0 radical (unpaired) electrons. The van der Waals surface area contributed by atoms with Crippen LogP contribution in [0.5, 0.6) is 11.5 Å². The van der Waals surface area contributed by atoms with Gasteiger partial charge >= 0.3 is 5.69 Å². The quantitative estimate of drug-likeness (QED) is 0.322. The average Bonchev–Trinajstić information content (AvgIpc) is 2.66. The standard InChI is InChI=1S/C18H23ClN6O5/c1-4-29-13-8-11(7-12(19)15(13)30-10(2)3)9-21-23-14(26)5-6-20-16-17(27)22-18(28)25-24-16/h7-10H,4-6H2,1-3H3,(H,20,24)(H,23,26)(H2,22,25,27,28)/b21-9+. The van der Waals surface area contributed by atoms with Crippen molar-refractivity contribution in [2.24, 2.45) is 5.10 Å². The number of amides is 1. The van der Waals surface area contributed by atoms with Gasteiger partial charge in [0.2, 0.25) is 11.7 Å². The largest absolute Gasteiger partial charge is 0.490 e. The van der Waals surface area contributed by atoms with E-state index in [-0.39, 0.29) is 24.9 Å². The van der Waals surface area contributed by atoms with Crippen molar-refractivity contribution >= 4 is 29.5 Å². The van der Waals surface area contributed by atoms with E-state index >= 15 is 0 Å². The second-order valence-corrected chi connectivity index (χ2v) is 6.66. The zero-order valence-corrected chi connectivity index (χ0v) is 17.5. The number of nitrogens with zero attached hydrogens (tertiary/aromatic N) is 2. The molecule has 0 bridgehead atoms. The maximum atomic E-state index is 11.9. The van der Waals surface area contributed by atoms with Gasteiger partial charge in [0.25, 0.3) is 5.56 Å². The van der Waals surface area contributed by atoms with Crippen molar-refractivity contribution in [2.75, 3.05) is 18.5 Å². The number of aromatic amines is 2. The smallest absolute Gasteiger partial charge is 0.342 e. The van der Waals surface area contributed by atoms with Crippen LogP contribution in [0.25, 0.3) is 0 Å². The van der Waals surface area contributed by atoms with Gasteiger partial charge in [0, 0.05) is 13.0 Å². The molecule has 0 fully saturated rings. The van der Waals surface area contributed by atoms with Gasteiger partial charge in [-0.05, 0) is 38.5 Å². The van der Waals surface area contributed by atoms with Crippen LogP contribution in [-0.2, 0) is 4.79 Å². The first-order valence-corrected chi connectivity index (χ1v) is 9.55. The van der Waals surface area contributed by atoms with Gasteiger partial charge in [0.15, 0.2) is 11.5 Å². The van der Waals surface area contributed by atoms with Crippen LogP contribution in [0.3, 0.4) is 0 Å². The summed E-state index contributed by atoms with van der Waals surface area (Å²) < 4.78 is 11.3. The molecule has 2 rings (SSSR count). The first-order valence-electron chi connectivity index (χ1n) is 9.18. The number of benzene rings is 1. The van der Waals surface area contributed by atoms with Crippen LogP contribution in [-0.4, -0.2) is 46.6 Å². The van der Waals surface area contributed by atoms with E-state index < -0.39 is 17.2 Å². The number of halogens is 1. The summed E-state index contributed by atoms with van der Waals surface area (Å²) in [5, 5.41) is 12.5. The minimum Gasteiger partial charge on any atom is -0.490 e. The molecular formula is C18H23ClN6O5. The van der Waals surface area contributed by atoms with E-state index in [4.69, 9.17) is 21.1 Å². The van der Waals surface area contributed by atoms with E-state index in [2.05, 4.69) is 26.0 Å². The van der Waals surface area contributed by atoms with Crippen molar-refractivity contribution in [2.45, 2.75) is 33.3 Å². The molecule has 1 aromatic carbocycles. The molecule has 0 saturated carbocycles. The molecule has 11 nitrogen and oxygen atoms in total. The third-order valence-corrected chi connectivity index (χ3v) is 3.72. The number of H-pyrrole nitrogens is 2. The maximum Gasteiger partial charge on any atom is 0.342 e. The summed E-state index contributed by atoms with van der Waals surface area (Å²) in [5.74, 6) is 0.448. The monoisotopic (exact) mass is 438 g/mol. The van der Waals surface area contributed by atoms with E-state index in [9.17, 15) is 14.4 Å². The van der Waals surface area contributed by atoms with Gasteiger partial charge in [-0.25, -0.2) is 15.3 Å². The Morgan fingerprint density at radius 1 is 1.37 bits per heavy atom. The lowest BCUT2D eigenvalue weighted by molar-refractivity contribution is -0.120. The molecule has 0 atom stereocenters. The van der Waals surface area contributed by atoms with Crippen molar-refractivity contribution in [3.8, 4) is 11.5 Å². The topological polar surface area (TPSA) is 151 Å². The Morgan fingerprint density at radius 2 is 2.13 bits per heavy atom. The van der Waals surface area contributed by atoms with E-state index in [1.165, 1.54) is 6.21 Å². The molecule has 0 saturated heterocycles. The molecule has 0 spiro atoms. The van der Waals surface area contributed by atoms with Crippen LogP contribution >= 0.6 is 11.6 Å². The summed E-state index contributed by atoms with van der Waals surface area (Å²) in [6.07, 6.45) is 1.37. The van der Waals surface area contributed by atoms with Crippen molar-refractivity contribution < 1.29 is 14.3 Å². The van der Waals surface area contributed by atoms with Crippen molar-refractivity contribution in [3.05, 3.63) is 43.6 Å². The van der Waals surface area contributed by atoms with Crippen LogP contribution in [0, 0.1) is 0 Å². The summed E-state index contributed by atoms with van der Waals surface area (Å²) in [6, 6.07) is 3.35. The van der Waals surface area contributed by atoms with E-state index in [0.29, 0.717) is 28.7 Å². The Kier molecular flexibility index (Phi) is 8.41. The zero-order chi connectivity index (χ0) is 22.1. The number of hydrogen-bond acceptors (Lipinski definition) is 8. The lowest BCUT2D eigenvalue weighted by atomic mass is 10.2. The third kappa shape index (κ3) is 6.92. The van der Waals surface area contributed by atoms with Crippen molar-refractivity contribution in [1.82, 2.24) is 20.6 Å². The minimum atomic E-state index is -0.714. The van der Waals surface area contributed by atoms with Crippen molar-refractivity contribution in [1.29, 1.82) is 0 Å². The van der Waals surface area contributed by atoms with Gasteiger partial charge < -0.3 is 14.8 Å². The molecule has 1 aromatic heterocycles. The Balaban J connectivity index is 1.92. The summed E-state index contributed by atoms with van der Waals surface area (Å²) in [7, 11) is 0. The van der Waals surface area contributed by atoms with E-state index in [1.807, 2.05) is 25.8 Å². The molecule has 1 amide bonds. The fourth-order valence-electron chi connectivity index (χ4n) is 2.27. The number of nitrogens with one attached hydrogen (secondary N) is 4. The molecule has 1 heterocycles. The molecular weight excluding hydrogens is 416 g/mol. The Morgan fingerprint density at radius 3 is 2.80 bits per heavy atom. The van der Waals surface area contributed by atoms with Crippen LogP contribution in [0.1, 0.15) is 32.8 Å². The SMILES string of the molecule is CCOc1cc(/C=N/NC(=O)CCNc2n[nH]c(=O)[nH]c2=O)cc(Cl)c1OC(C)C. The molecule has 0 unspecified atom stereocenters. The predicted octanol–water partition coefficient (Wildman–Crippen LogP) is 1.25. The van der Waals surface area contributed by atoms with Gasteiger partial charge in [-0.3, -0.25) is 14.6 Å². The Hall–Kier alpha value is -3.34. The zero-order valence-electron chi connectivity index (χ0n) is 16.7. The summed E-state index contributed by atoms with van der Waals surface area (Å²) in [6.45, 7) is 6.16. The highest BCUT2D eigenvalue weighted by Gasteiger charge is 2.13. The van der Waals surface area contributed by atoms with Crippen molar-refractivity contribution in [3.63, 3.8) is 0 Å². The number of ether oxygens (including phenoxy) is 2. The minimum absolute atomic E-state index is 0.0176. The first-order chi connectivity index (χ1) is 14.3. The van der Waals surface area contributed by atoms with Gasteiger partial charge in [0.05, 0.1) is 23.9 Å². The highest BCUT2D eigenvalue weighted by atomic mass is 35.5. The van der Waals surface area contributed by atoms with Gasteiger partial charge in [-0.15, -0.1) is 5.10 Å². The fraction of sp³-hybridized carbons (Fsp3) is 0.389. The van der Waals surface area contributed by atoms with Gasteiger partial charge in [-0.2, -0.15) is 5.10 Å². The summed E-state index contributed by atoms with van der Waals surface area (Å²) >= 11 is 6.29. The lowest BCUT2D eigenvalue weighted by Crippen LogP contribution is -2.28. The summed E-state index contributed by atoms with van der Waals surface area (Å²) in [5.41, 5.74) is 1.59. The second kappa shape index (κ2) is 11.0. The second-order valence-electron chi connectivity index (χ2n) is 6.26. The van der Waals surface area contributed by atoms with E-state index in [1.54, 1.807) is 12.1 Å². The number of carbonyl (C=O) groups excluding carboxylic acids is 1. The van der Waals surface area contributed by atoms with E-state index in [0.717, 1.165) is 0 Å². The molecule has 12 heteroatoms. The number of carbonyl (C=O) groups is 1. The number of hydrazone groups is 1. The number of rotatable bonds is 10. The summed E-state index contributed by atoms with van der Waals surface area (Å²) in [4.78, 5) is 36.3. The van der Waals surface area contributed by atoms with Crippen LogP contribution in [0.15, 0.2) is 26.8 Å². The normalized spacial score (nSPS) is 11.0. The van der Waals surface area contributed by atoms with Gasteiger partial charge in [0.1, 0.15) is 0 Å². The highest BCUT2D eigenvalue weighted by Crippen LogP contribution is 2.37.